The van der Waals surface area contributed by atoms with Crippen molar-refractivity contribution in [1.29, 1.82) is 0 Å². The van der Waals surface area contributed by atoms with E-state index in [1.165, 1.54) is 6.07 Å². The molecule has 0 aliphatic carbocycles. The predicted octanol–water partition coefficient (Wildman–Crippen LogP) is 2.11. The normalized spacial score (nSPS) is 10.2. The number of nitrogen functional groups attached to an aromatic ring is 1. The minimum atomic E-state index is -0.475. The van der Waals surface area contributed by atoms with Gasteiger partial charge in [0.05, 0.1) is 0 Å². The van der Waals surface area contributed by atoms with Gasteiger partial charge in [-0.15, -0.1) is 0 Å². The van der Waals surface area contributed by atoms with Crippen LogP contribution in [0.25, 0.3) is 0 Å². The van der Waals surface area contributed by atoms with E-state index in [-0.39, 0.29) is 18.1 Å². The number of ether oxygens (including phenoxy) is 1. The number of aromatic nitrogens is 2. The molecule has 1 aromatic carbocycles. The van der Waals surface area contributed by atoms with Gasteiger partial charge in [-0.1, -0.05) is 28.1 Å². The summed E-state index contributed by atoms with van der Waals surface area (Å²) in [6, 6.07) is 8.95. The van der Waals surface area contributed by atoms with Crippen LogP contribution in [-0.4, -0.2) is 16.2 Å². The predicted molar refractivity (Wildman–Crippen MR) is 66.3 cm³/mol. The number of nitrogens with two attached hydrogens (primary N) is 1. The molecule has 6 heteroatoms. The van der Waals surface area contributed by atoms with Crippen LogP contribution in [0.5, 0.6) is 0 Å². The van der Waals surface area contributed by atoms with Crippen molar-refractivity contribution in [2.45, 2.75) is 6.61 Å². The smallest absolute Gasteiger partial charge is 0.356 e. The Kier molecular flexibility index (Phi) is 3.43. The molecule has 88 valence electrons. The van der Waals surface area contributed by atoms with Crippen molar-refractivity contribution >= 4 is 27.7 Å². The van der Waals surface area contributed by atoms with Gasteiger partial charge >= 0.3 is 5.97 Å². The fourth-order valence-electron chi connectivity index (χ4n) is 1.25. The molecule has 0 bridgehead atoms. The third-order valence-corrected chi connectivity index (χ3v) is 2.63. The maximum absolute atomic E-state index is 11.5. The fourth-order valence-corrected chi connectivity index (χ4v) is 1.51. The Morgan fingerprint density at radius 1 is 1.41 bits per heavy atom. The number of carbonyl (C=O) groups excluding carboxylic acids is 1. The van der Waals surface area contributed by atoms with Gasteiger partial charge in [0.25, 0.3) is 0 Å². The van der Waals surface area contributed by atoms with E-state index in [0.717, 1.165) is 10.0 Å². The second-order valence-electron chi connectivity index (χ2n) is 3.41. The molecule has 1 heterocycles. The van der Waals surface area contributed by atoms with E-state index < -0.39 is 5.97 Å². The van der Waals surface area contributed by atoms with E-state index >= 15 is 0 Å². The molecule has 0 radical (unpaired) electrons. The number of halogens is 1. The zero-order valence-corrected chi connectivity index (χ0v) is 10.4. The van der Waals surface area contributed by atoms with Crippen LogP contribution in [0.15, 0.2) is 34.8 Å². The number of hydrogen-bond donors (Lipinski definition) is 2. The van der Waals surface area contributed by atoms with Gasteiger partial charge < -0.3 is 10.5 Å². The molecule has 0 aliphatic heterocycles. The lowest BCUT2D eigenvalue weighted by Gasteiger charge is -2.03. The van der Waals surface area contributed by atoms with Crippen molar-refractivity contribution < 1.29 is 9.53 Å². The number of carbonyl (C=O) groups is 1. The lowest BCUT2D eigenvalue weighted by molar-refractivity contribution is 0.0465. The highest BCUT2D eigenvalue weighted by Gasteiger charge is 2.10. The summed E-state index contributed by atoms with van der Waals surface area (Å²) in [6.07, 6.45) is 0. The van der Waals surface area contributed by atoms with Gasteiger partial charge in [-0.3, -0.25) is 5.10 Å². The maximum Gasteiger partial charge on any atom is 0.356 e. The molecule has 0 atom stereocenters. The van der Waals surface area contributed by atoms with E-state index in [0.29, 0.717) is 0 Å². The van der Waals surface area contributed by atoms with Gasteiger partial charge in [0.15, 0.2) is 0 Å². The SMILES string of the molecule is Nc1cc(C(=O)OCc2ccc(Br)cc2)[nH]n1. The Labute approximate surface area is 106 Å². The molecule has 2 rings (SSSR count). The zero-order valence-electron chi connectivity index (χ0n) is 8.81. The molecule has 0 spiro atoms. The molecular formula is C11H10BrN3O2. The number of esters is 1. The molecular weight excluding hydrogens is 286 g/mol. The molecule has 3 N–H and O–H groups in total. The monoisotopic (exact) mass is 295 g/mol. The van der Waals surface area contributed by atoms with Crippen molar-refractivity contribution in [3.05, 3.63) is 46.1 Å². The molecule has 0 aliphatic rings. The second kappa shape index (κ2) is 5.01. The lowest BCUT2D eigenvalue weighted by atomic mass is 10.2. The Hall–Kier alpha value is -1.82. The van der Waals surface area contributed by atoms with E-state index in [1.807, 2.05) is 24.3 Å². The summed E-state index contributed by atoms with van der Waals surface area (Å²) in [7, 11) is 0. The van der Waals surface area contributed by atoms with Crippen LogP contribution < -0.4 is 5.73 Å². The summed E-state index contributed by atoms with van der Waals surface area (Å²) in [5, 5.41) is 6.14. The summed E-state index contributed by atoms with van der Waals surface area (Å²) in [5.41, 5.74) is 6.55. The van der Waals surface area contributed by atoms with E-state index in [1.54, 1.807) is 0 Å². The highest BCUT2D eigenvalue weighted by atomic mass is 79.9. The van der Waals surface area contributed by atoms with E-state index in [9.17, 15) is 4.79 Å². The van der Waals surface area contributed by atoms with Gasteiger partial charge in [-0.05, 0) is 17.7 Å². The molecule has 0 saturated heterocycles. The van der Waals surface area contributed by atoms with Crippen molar-refractivity contribution in [2.75, 3.05) is 5.73 Å². The Bertz CT molecular complexity index is 522. The van der Waals surface area contributed by atoms with Gasteiger partial charge in [0.2, 0.25) is 0 Å². The second-order valence-corrected chi connectivity index (χ2v) is 4.32. The largest absolute Gasteiger partial charge is 0.456 e. The van der Waals surface area contributed by atoms with Crippen LogP contribution in [0, 0.1) is 0 Å². The first-order valence-electron chi connectivity index (χ1n) is 4.87. The van der Waals surface area contributed by atoms with Gasteiger partial charge in [0.1, 0.15) is 18.1 Å². The molecule has 0 unspecified atom stereocenters. The quantitative estimate of drug-likeness (QED) is 0.850. The van der Waals surface area contributed by atoms with Crippen LogP contribution in [-0.2, 0) is 11.3 Å². The average molecular weight is 296 g/mol. The maximum atomic E-state index is 11.5. The van der Waals surface area contributed by atoms with Crippen LogP contribution >= 0.6 is 15.9 Å². The number of rotatable bonds is 3. The van der Waals surface area contributed by atoms with Crippen LogP contribution in [0.4, 0.5) is 5.82 Å². The number of anilines is 1. The van der Waals surface area contributed by atoms with Crippen molar-refractivity contribution in [3.8, 4) is 0 Å². The van der Waals surface area contributed by atoms with E-state index in [2.05, 4.69) is 26.1 Å². The molecule has 0 amide bonds. The summed E-state index contributed by atoms with van der Waals surface area (Å²) < 4.78 is 6.07. The first-order chi connectivity index (χ1) is 8.15. The summed E-state index contributed by atoms with van der Waals surface area (Å²) in [6.45, 7) is 0.213. The Balaban J connectivity index is 1.94. The van der Waals surface area contributed by atoms with Crippen molar-refractivity contribution in [2.24, 2.45) is 0 Å². The number of hydrogen-bond acceptors (Lipinski definition) is 4. The molecule has 1 aromatic heterocycles. The molecule has 0 fully saturated rings. The summed E-state index contributed by atoms with van der Waals surface area (Å²) in [4.78, 5) is 11.5. The number of benzene rings is 1. The van der Waals surface area contributed by atoms with Gasteiger partial charge in [-0.2, -0.15) is 5.10 Å². The summed E-state index contributed by atoms with van der Waals surface area (Å²) >= 11 is 3.33. The fraction of sp³-hybridized carbons (Fsp3) is 0.0909. The molecule has 5 nitrogen and oxygen atoms in total. The number of nitrogens with zero attached hydrogens (tertiary/aromatic N) is 1. The lowest BCUT2D eigenvalue weighted by Crippen LogP contribution is -2.05. The average Bonchev–Trinajstić information content (AvgIpc) is 2.75. The Morgan fingerprint density at radius 2 is 2.12 bits per heavy atom. The van der Waals surface area contributed by atoms with Crippen LogP contribution in [0.1, 0.15) is 16.1 Å². The first kappa shape index (κ1) is 11.7. The topological polar surface area (TPSA) is 81.0 Å². The number of nitrogens with one attached hydrogen (secondary N) is 1. The molecule has 17 heavy (non-hydrogen) atoms. The third kappa shape index (κ3) is 3.07. The van der Waals surface area contributed by atoms with Crippen molar-refractivity contribution in [1.82, 2.24) is 10.2 Å². The van der Waals surface area contributed by atoms with Gasteiger partial charge in [-0.25, -0.2) is 4.79 Å². The number of aromatic amines is 1. The zero-order chi connectivity index (χ0) is 12.3. The highest BCUT2D eigenvalue weighted by molar-refractivity contribution is 9.10. The minimum absolute atomic E-state index is 0.213. The Morgan fingerprint density at radius 3 is 2.71 bits per heavy atom. The van der Waals surface area contributed by atoms with E-state index in [4.69, 9.17) is 10.5 Å². The first-order valence-corrected chi connectivity index (χ1v) is 5.67. The van der Waals surface area contributed by atoms with Crippen LogP contribution in [0.3, 0.4) is 0 Å². The number of H-pyrrole nitrogens is 1. The molecule has 0 saturated carbocycles. The summed E-state index contributed by atoms with van der Waals surface area (Å²) in [5.74, 6) is -0.210. The van der Waals surface area contributed by atoms with Crippen LogP contribution in [0.2, 0.25) is 0 Å². The minimum Gasteiger partial charge on any atom is -0.456 e. The highest BCUT2D eigenvalue weighted by Crippen LogP contribution is 2.12. The van der Waals surface area contributed by atoms with Gasteiger partial charge in [0, 0.05) is 10.5 Å². The molecule has 2 aromatic rings. The standard InChI is InChI=1S/C11H10BrN3O2/c12-8-3-1-7(2-4-8)6-17-11(16)9-5-10(13)15-14-9/h1-5H,6H2,(H3,13,14,15). The van der Waals surface area contributed by atoms with Crippen molar-refractivity contribution in [3.63, 3.8) is 0 Å². The third-order valence-electron chi connectivity index (χ3n) is 2.10.